The molecule has 4 aliphatic heterocycles. The van der Waals surface area contributed by atoms with Crippen molar-refractivity contribution in [2.45, 2.75) is 43.7 Å². The summed E-state index contributed by atoms with van der Waals surface area (Å²) in [5, 5.41) is 7.07. The van der Waals surface area contributed by atoms with Gasteiger partial charge in [-0.15, -0.1) is 0 Å². The van der Waals surface area contributed by atoms with E-state index >= 15 is 0 Å². The maximum Gasteiger partial charge on any atom is 0.153 e. The van der Waals surface area contributed by atoms with Crippen molar-refractivity contribution in [3.63, 3.8) is 0 Å². The summed E-state index contributed by atoms with van der Waals surface area (Å²) in [5.41, 5.74) is 4.60. The minimum Gasteiger partial charge on any atom is -0.486 e. The summed E-state index contributed by atoms with van der Waals surface area (Å²) in [4.78, 5) is 13.8. The van der Waals surface area contributed by atoms with Crippen molar-refractivity contribution in [1.82, 2.24) is 20.2 Å². The number of fused-ring (bicyclic) bond motifs is 2. The molecule has 1 saturated carbocycles. The van der Waals surface area contributed by atoms with Gasteiger partial charge in [0.1, 0.15) is 30.3 Å². The van der Waals surface area contributed by atoms with Crippen LogP contribution in [0.1, 0.15) is 47.8 Å². The second kappa shape index (κ2) is 8.31. The molecule has 1 atom stereocenters. The lowest BCUT2D eigenvalue weighted by atomic mass is 9.87. The molecule has 7 rings (SSSR count). The summed E-state index contributed by atoms with van der Waals surface area (Å²) < 4.78 is 30.3. The average Bonchev–Trinajstić information content (AvgIpc) is 3.56. The number of hydrogen-bond donors (Lipinski definition) is 2. The van der Waals surface area contributed by atoms with Crippen LogP contribution in [-0.4, -0.2) is 80.1 Å². The van der Waals surface area contributed by atoms with E-state index in [0.29, 0.717) is 37.6 Å². The maximum atomic E-state index is 11.9. The number of nitrogens with zero attached hydrogens (tertiary/aromatic N) is 4. The van der Waals surface area contributed by atoms with Crippen LogP contribution in [0, 0.1) is 0 Å². The fraction of sp³-hybridized carbons (Fsp3) is 0.600. The van der Waals surface area contributed by atoms with Gasteiger partial charge < -0.3 is 20.3 Å². The molecule has 10 heteroatoms. The second-order valence-electron chi connectivity index (χ2n) is 10.6. The summed E-state index contributed by atoms with van der Waals surface area (Å²) in [6.45, 7) is 5.76. The van der Waals surface area contributed by atoms with Gasteiger partial charge in [-0.25, -0.2) is 18.4 Å². The largest absolute Gasteiger partial charge is 0.486 e. The topological polar surface area (TPSA) is 99.7 Å². The number of benzene rings is 1. The van der Waals surface area contributed by atoms with Crippen molar-refractivity contribution in [3.05, 3.63) is 35.2 Å². The third kappa shape index (κ3) is 4.05. The van der Waals surface area contributed by atoms with Crippen LogP contribution in [0.4, 0.5) is 17.3 Å². The molecule has 1 aliphatic carbocycles. The molecule has 9 nitrogen and oxygen atoms in total. The number of hydrogen-bond acceptors (Lipinski definition) is 9. The van der Waals surface area contributed by atoms with Crippen LogP contribution in [-0.2, 0) is 16.4 Å². The highest BCUT2D eigenvalue weighted by Crippen LogP contribution is 2.50. The SMILES string of the molecule is O=S1(=O)CCN(c2ncnc3c2COc2c(cc(C4CN([C@H]5CCNC5)C4)cc2C2CC2)N3)CC1. The molecule has 4 fully saturated rings. The van der Waals surface area contributed by atoms with Crippen LogP contribution in [0.25, 0.3) is 0 Å². The monoisotopic (exact) mass is 496 g/mol. The van der Waals surface area contributed by atoms with Crippen molar-refractivity contribution >= 4 is 27.2 Å². The molecule has 1 aromatic heterocycles. The van der Waals surface area contributed by atoms with Gasteiger partial charge in [-0.1, -0.05) is 6.07 Å². The van der Waals surface area contributed by atoms with E-state index in [1.165, 1.54) is 30.4 Å². The Balaban J connectivity index is 1.18. The first-order valence-corrected chi connectivity index (χ1v) is 14.7. The Morgan fingerprint density at radius 2 is 1.86 bits per heavy atom. The van der Waals surface area contributed by atoms with Gasteiger partial charge in [0, 0.05) is 44.7 Å². The lowest BCUT2D eigenvalue weighted by molar-refractivity contribution is 0.101. The first-order valence-electron chi connectivity index (χ1n) is 12.9. The van der Waals surface area contributed by atoms with E-state index in [1.54, 1.807) is 6.33 Å². The minimum atomic E-state index is -2.96. The Morgan fingerprint density at radius 3 is 2.60 bits per heavy atom. The first kappa shape index (κ1) is 21.8. The Labute approximate surface area is 206 Å². The van der Waals surface area contributed by atoms with E-state index in [9.17, 15) is 8.42 Å². The van der Waals surface area contributed by atoms with Crippen molar-refractivity contribution in [2.24, 2.45) is 0 Å². The lowest BCUT2D eigenvalue weighted by Crippen LogP contribution is -2.51. The molecule has 2 aromatic rings. The summed E-state index contributed by atoms with van der Waals surface area (Å²) in [6, 6.07) is 5.34. The molecule has 35 heavy (non-hydrogen) atoms. The fourth-order valence-corrected chi connectivity index (χ4v) is 7.15. The zero-order chi connectivity index (χ0) is 23.6. The quantitative estimate of drug-likeness (QED) is 0.658. The van der Waals surface area contributed by atoms with E-state index < -0.39 is 9.84 Å². The molecule has 0 unspecified atom stereocenters. The van der Waals surface area contributed by atoms with Crippen LogP contribution in [0.5, 0.6) is 5.75 Å². The summed E-state index contributed by atoms with van der Waals surface area (Å²) in [6.07, 6.45) is 5.25. The molecular formula is C25H32N6O3S. The second-order valence-corrected chi connectivity index (χ2v) is 12.9. The van der Waals surface area contributed by atoms with Crippen molar-refractivity contribution in [1.29, 1.82) is 0 Å². The van der Waals surface area contributed by atoms with Gasteiger partial charge in [-0.05, 0) is 48.9 Å². The Hall–Kier alpha value is -2.43. The normalized spacial score (nSPS) is 26.2. The predicted octanol–water partition coefficient (Wildman–Crippen LogP) is 1.99. The van der Waals surface area contributed by atoms with Gasteiger partial charge in [0.25, 0.3) is 0 Å². The average molecular weight is 497 g/mol. The van der Waals surface area contributed by atoms with E-state index in [0.717, 1.165) is 54.8 Å². The van der Waals surface area contributed by atoms with E-state index in [1.807, 2.05) is 0 Å². The van der Waals surface area contributed by atoms with Gasteiger partial charge in [-0.2, -0.15) is 0 Å². The molecule has 0 spiro atoms. The lowest BCUT2D eigenvalue weighted by Gasteiger charge is -2.43. The first-order chi connectivity index (χ1) is 17.0. The van der Waals surface area contributed by atoms with Crippen LogP contribution in [0.3, 0.4) is 0 Å². The third-order valence-corrected chi connectivity index (χ3v) is 9.88. The van der Waals surface area contributed by atoms with E-state index in [4.69, 9.17) is 4.74 Å². The van der Waals surface area contributed by atoms with Crippen LogP contribution < -0.4 is 20.3 Å². The molecule has 5 aliphatic rings. The number of rotatable bonds is 4. The number of nitrogens with one attached hydrogen (secondary N) is 2. The zero-order valence-electron chi connectivity index (χ0n) is 19.9. The maximum absolute atomic E-state index is 11.9. The number of anilines is 3. The Kier molecular flexibility index (Phi) is 5.18. The molecule has 5 heterocycles. The smallest absolute Gasteiger partial charge is 0.153 e. The number of sulfone groups is 1. The summed E-state index contributed by atoms with van der Waals surface area (Å²) >= 11 is 0. The highest BCUT2D eigenvalue weighted by atomic mass is 32.2. The number of ether oxygens (including phenoxy) is 1. The highest BCUT2D eigenvalue weighted by Gasteiger charge is 2.37. The molecule has 186 valence electrons. The third-order valence-electron chi connectivity index (χ3n) is 8.27. The van der Waals surface area contributed by atoms with Crippen LogP contribution in [0.2, 0.25) is 0 Å². The standard InChI is InChI=1S/C25H32N6O3S/c32-35(33)7-5-30(6-8-35)25-21-14-34-23-20(16-1-2-16)9-17(10-22(23)29-24(21)27-15-28-25)18-12-31(13-18)19-3-4-26-11-19/h9-10,15-16,18-19,26H,1-8,11-14H2,(H,27,28,29)/t19-/m0/s1. The minimum absolute atomic E-state index is 0.158. The fourth-order valence-electron chi connectivity index (χ4n) is 5.95. The van der Waals surface area contributed by atoms with Gasteiger partial charge in [0.15, 0.2) is 9.84 Å². The van der Waals surface area contributed by atoms with Crippen LogP contribution >= 0.6 is 0 Å². The van der Waals surface area contributed by atoms with Gasteiger partial charge >= 0.3 is 0 Å². The molecule has 0 radical (unpaired) electrons. The van der Waals surface area contributed by atoms with Crippen molar-refractivity contribution < 1.29 is 13.2 Å². The Morgan fingerprint density at radius 1 is 1.03 bits per heavy atom. The highest BCUT2D eigenvalue weighted by molar-refractivity contribution is 7.91. The van der Waals surface area contributed by atoms with E-state index in [2.05, 4.69) is 42.5 Å². The van der Waals surface area contributed by atoms with Crippen LogP contribution in [0.15, 0.2) is 18.5 Å². The van der Waals surface area contributed by atoms with E-state index in [-0.39, 0.29) is 11.5 Å². The molecule has 0 amide bonds. The van der Waals surface area contributed by atoms with Gasteiger partial charge in [0.2, 0.25) is 0 Å². The zero-order valence-corrected chi connectivity index (χ0v) is 20.7. The van der Waals surface area contributed by atoms with Gasteiger partial charge in [-0.3, -0.25) is 4.90 Å². The van der Waals surface area contributed by atoms with Crippen molar-refractivity contribution in [3.8, 4) is 5.75 Å². The number of likely N-dealkylation sites (tertiary alicyclic amines) is 1. The number of aromatic nitrogens is 2. The Bertz CT molecular complexity index is 1240. The van der Waals surface area contributed by atoms with Crippen molar-refractivity contribution in [2.75, 3.05) is 61.0 Å². The van der Waals surface area contributed by atoms with Gasteiger partial charge in [0.05, 0.1) is 22.8 Å². The summed E-state index contributed by atoms with van der Waals surface area (Å²) in [5.74, 6) is 3.92. The molecule has 2 N–H and O–H groups in total. The predicted molar refractivity (Wildman–Crippen MR) is 135 cm³/mol. The molecule has 0 bridgehead atoms. The molecule has 1 aromatic carbocycles. The molecule has 3 saturated heterocycles. The summed E-state index contributed by atoms with van der Waals surface area (Å²) in [7, 11) is -2.96. The molecular weight excluding hydrogens is 464 g/mol.